The van der Waals surface area contributed by atoms with Crippen LogP contribution in [0.1, 0.15) is 25.8 Å². The van der Waals surface area contributed by atoms with Gasteiger partial charge in [0.15, 0.2) is 5.11 Å². The van der Waals surface area contributed by atoms with E-state index < -0.39 is 0 Å². The number of nitrogens with one attached hydrogen (secondary N) is 1. The zero-order valence-electron chi connectivity index (χ0n) is 12.1. The van der Waals surface area contributed by atoms with Crippen LogP contribution in [-0.4, -0.2) is 31.4 Å². The molecule has 106 valence electrons. The summed E-state index contributed by atoms with van der Waals surface area (Å²) in [7, 11) is 0. The van der Waals surface area contributed by atoms with Crippen LogP contribution in [0.25, 0.3) is 0 Å². The van der Waals surface area contributed by atoms with Gasteiger partial charge < -0.3 is 15.0 Å². The molecule has 0 aliphatic rings. The molecule has 1 aromatic rings. The lowest BCUT2D eigenvalue weighted by atomic mass is 10.2. The molecule has 0 saturated carbocycles. The highest BCUT2D eigenvalue weighted by atomic mass is 32.1. The molecule has 0 fully saturated rings. The summed E-state index contributed by atoms with van der Waals surface area (Å²) >= 11 is 5.45. The summed E-state index contributed by atoms with van der Waals surface area (Å²) in [5.41, 5.74) is 2.39. The molecule has 0 spiro atoms. The maximum atomic E-state index is 5.45. The monoisotopic (exact) mass is 280 g/mol. The fourth-order valence-corrected chi connectivity index (χ4v) is 2.19. The Morgan fingerprint density at radius 3 is 2.79 bits per heavy atom. The van der Waals surface area contributed by atoms with Gasteiger partial charge in [0.05, 0.1) is 0 Å². The van der Waals surface area contributed by atoms with E-state index in [1.165, 1.54) is 5.56 Å². The number of hydrogen-bond donors (Lipinski definition) is 1. The van der Waals surface area contributed by atoms with Crippen molar-refractivity contribution in [2.24, 2.45) is 0 Å². The van der Waals surface area contributed by atoms with Crippen molar-refractivity contribution in [1.29, 1.82) is 0 Å². The van der Waals surface area contributed by atoms with Crippen molar-refractivity contribution < 1.29 is 4.74 Å². The average Bonchev–Trinajstić information content (AvgIpc) is 2.39. The molecule has 1 aromatic carbocycles. The van der Waals surface area contributed by atoms with Crippen molar-refractivity contribution in [2.75, 3.05) is 31.2 Å². The van der Waals surface area contributed by atoms with Crippen molar-refractivity contribution in [1.82, 2.24) is 5.32 Å². The number of aryl methyl sites for hydroxylation is 1. The highest BCUT2D eigenvalue weighted by Crippen LogP contribution is 2.15. The van der Waals surface area contributed by atoms with Gasteiger partial charge in [0.2, 0.25) is 0 Å². The van der Waals surface area contributed by atoms with Gasteiger partial charge in [-0.1, -0.05) is 12.1 Å². The third kappa shape index (κ3) is 5.57. The summed E-state index contributed by atoms with van der Waals surface area (Å²) in [4.78, 5) is 2.11. The van der Waals surface area contributed by atoms with Crippen LogP contribution in [0.4, 0.5) is 5.69 Å². The average molecular weight is 280 g/mol. The molecular weight excluding hydrogens is 256 g/mol. The van der Waals surface area contributed by atoms with Gasteiger partial charge in [-0.3, -0.25) is 0 Å². The van der Waals surface area contributed by atoms with Gasteiger partial charge in [0.1, 0.15) is 0 Å². The number of anilines is 1. The topological polar surface area (TPSA) is 24.5 Å². The SMILES string of the molecule is CCOCCCNC(=S)N(CC)c1cccc(C)c1. The number of rotatable bonds is 7. The van der Waals surface area contributed by atoms with Crippen molar-refractivity contribution in [3.8, 4) is 0 Å². The first-order chi connectivity index (χ1) is 9.19. The van der Waals surface area contributed by atoms with Gasteiger partial charge in [-0.15, -0.1) is 0 Å². The minimum absolute atomic E-state index is 0.773. The van der Waals surface area contributed by atoms with E-state index in [2.05, 4.69) is 48.3 Å². The molecule has 0 atom stereocenters. The Bertz CT molecular complexity index is 395. The zero-order chi connectivity index (χ0) is 14.1. The number of nitrogens with zero attached hydrogens (tertiary/aromatic N) is 1. The van der Waals surface area contributed by atoms with E-state index in [0.29, 0.717) is 0 Å². The van der Waals surface area contributed by atoms with Crippen molar-refractivity contribution in [3.05, 3.63) is 29.8 Å². The lowest BCUT2D eigenvalue weighted by molar-refractivity contribution is 0.146. The normalized spacial score (nSPS) is 10.3. The van der Waals surface area contributed by atoms with Crippen molar-refractivity contribution in [2.45, 2.75) is 27.2 Å². The number of hydrogen-bond acceptors (Lipinski definition) is 2. The highest BCUT2D eigenvalue weighted by molar-refractivity contribution is 7.80. The maximum absolute atomic E-state index is 5.45. The molecule has 0 radical (unpaired) electrons. The van der Waals surface area contributed by atoms with E-state index in [1.807, 2.05) is 6.92 Å². The summed E-state index contributed by atoms with van der Waals surface area (Å²) in [5.74, 6) is 0. The molecule has 4 heteroatoms. The quantitative estimate of drug-likeness (QED) is 0.612. The molecule has 0 heterocycles. The molecule has 0 aliphatic heterocycles. The van der Waals surface area contributed by atoms with Gasteiger partial charge in [-0.2, -0.15) is 0 Å². The van der Waals surface area contributed by atoms with Gasteiger partial charge in [0.25, 0.3) is 0 Å². The van der Waals surface area contributed by atoms with E-state index in [9.17, 15) is 0 Å². The van der Waals surface area contributed by atoms with E-state index in [0.717, 1.165) is 43.5 Å². The second kappa shape index (κ2) is 8.88. The third-order valence-corrected chi connectivity index (χ3v) is 3.19. The molecule has 1 rings (SSSR count). The molecule has 3 nitrogen and oxygen atoms in total. The molecule has 0 amide bonds. The second-order valence-corrected chi connectivity index (χ2v) is 4.75. The molecule has 0 bridgehead atoms. The molecule has 1 N–H and O–H groups in total. The molecular formula is C15H24N2OS. The van der Waals surface area contributed by atoms with Crippen LogP contribution in [0.5, 0.6) is 0 Å². The largest absolute Gasteiger partial charge is 0.382 e. The van der Waals surface area contributed by atoms with Crippen LogP contribution < -0.4 is 10.2 Å². The predicted molar refractivity (Wildman–Crippen MR) is 85.9 cm³/mol. The van der Waals surface area contributed by atoms with E-state index in [-0.39, 0.29) is 0 Å². The van der Waals surface area contributed by atoms with Gasteiger partial charge in [-0.05, 0) is 57.1 Å². The first-order valence-electron chi connectivity index (χ1n) is 6.88. The first kappa shape index (κ1) is 15.9. The Morgan fingerprint density at radius 1 is 1.37 bits per heavy atom. The summed E-state index contributed by atoms with van der Waals surface area (Å²) < 4.78 is 5.31. The molecule has 0 aliphatic carbocycles. The van der Waals surface area contributed by atoms with Crippen LogP contribution in [0, 0.1) is 6.92 Å². The lowest BCUT2D eigenvalue weighted by Gasteiger charge is -2.24. The fourth-order valence-electron chi connectivity index (χ4n) is 1.85. The molecule has 0 saturated heterocycles. The first-order valence-corrected chi connectivity index (χ1v) is 7.29. The minimum Gasteiger partial charge on any atom is -0.382 e. The molecule has 0 aromatic heterocycles. The predicted octanol–water partition coefficient (Wildman–Crippen LogP) is 3.12. The molecule has 19 heavy (non-hydrogen) atoms. The highest BCUT2D eigenvalue weighted by Gasteiger charge is 2.09. The van der Waals surface area contributed by atoms with Crippen LogP contribution in [0.3, 0.4) is 0 Å². The smallest absolute Gasteiger partial charge is 0.173 e. The van der Waals surface area contributed by atoms with E-state index in [4.69, 9.17) is 17.0 Å². The van der Waals surface area contributed by atoms with Crippen LogP contribution in [0.2, 0.25) is 0 Å². The number of thiocarbonyl (C=S) groups is 1. The van der Waals surface area contributed by atoms with E-state index >= 15 is 0 Å². The van der Waals surface area contributed by atoms with Crippen LogP contribution in [-0.2, 0) is 4.74 Å². The van der Waals surface area contributed by atoms with Crippen molar-refractivity contribution in [3.63, 3.8) is 0 Å². The zero-order valence-corrected chi connectivity index (χ0v) is 12.9. The summed E-state index contributed by atoms with van der Waals surface area (Å²) in [6.45, 7) is 9.47. The Balaban J connectivity index is 2.48. The van der Waals surface area contributed by atoms with E-state index in [1.54, 1.807) is 0 Å². The maximum Gasteiger partial charge on any atom is 0.173 e. The van der Waals surface area contributed by atoms with Gasteiger partial charge in [-0.25, -0.2) is 0 Å². The lowest BCUT2D eigenvalue weighted by Crippen LogP contribution is -2.40. The van der Waals surface area contributed by atoms with Gasteiger partial charge >= 0.3 is 0 Å². The Morgan fingerprint density at radius 2 is 2.16 bits per heavy atom. The Labute approximate surface area is 121 Å². The number of ether oxygens (including phenoxy) is 1. The van der Waals surface area contributed by atoms with Crippen molar-refractivity contribution >= 4 is 23.0 Å². The summed E-state index contributed by atoms with van der Waals surface area (Å²) in [6, 6.07) is 8.39. The Hall–Kier alpha value is -1.13. The number of benzene rings is 1. The summed E-state index contributed by atoms with van der Waals surface area (Å²) in [5, 5.41) is 4.07. The fraction of sp³-hybridized carbons (Fsp3) is 0.533. The Kier molecular flexibility index (Phi) is 7.45. The third-order valence-electron chi connectivity index (χ3n) is 2.82. The second-order valence-electron chi connectivity index (χ2n) is 4.37. The van der Waals surface area contributed by atoms with Crippen LogP contribution in [0.15, 0.2) is 24.3 Å². The minimum atomic E-state index is 0.773. The summed E-state index contributed by atoms with van der Waals surface area (Å²) in [6.07, 6.45) is 0.972. The van der Waals surface area contributed by atoms with Crippen LogP contribution >= 0.6 is 12.2 Å². The standard InChI is InChI=1S/C15H24N2OS/c1-4-17(14-9-6-8-13(3)12-14)15(19)16-10-7-11-18-5-2/h6,8-9,12H,4-5,7,10-11H2,1-3H3,(H,16,19). The van der Waals surface area contributed by atoms with Gasteiger partial charge in [0, 0.05) is 32.0 Å². The molecule has 0 unspecified atom stereocenters.